The van der Waals surface area contributed by atoms with Crippen LogP contribution in [0.2, 0.25) is 0 Å². The number of carbonyl (C=O) groups excluding carboxylic acids is 2. The second-order valence-electron chi connectivity index (χ2n) is 7.04. The van der Waals surface area contributed by atoms with Crippen LogP contribution in [0.5, 0.6) is 0 Å². The molecule has 2 amide bonds. The molecule has 2 N–H and O–H groups in total. The topological polar surface area (TPSA) is 124 Å². The number of carbonyl (C=O) groups is 2. The van der Waals surface area contributed by atoms with E-state index < -0.39 is 18.0 Å². The summed E-state index contributed by atoms with van der Waals surface area (Å²) in [5.41, 5.74) is 3.72. The Labute approximate surface area is 188 Å². The Hall–Kier alpha value is -3.60. The van der Waals surface area contributed by atoms with E-state index in [9.17, 15) is 9.59 Å². The number of rotatable bonds is 7. The van der Waals surface area contributed by atoms with E-state index in [1.807, 2.05) is 32.0 Å². The fraction of sp³-hybridized carbons (Fsp3) is 0.286. The third-order valence-corrected chi connectivity index (χ3v) is 6.01. The van der Waals surface area contributed by atoms with Crippen LogP contribution in [0.1, 0.15) is 29.9 Å². The summed E-state index contributed by atoms with van der Waals surface area (Å²) >= 11 is 1.30. The number of furan rings is 1. The fourth-order valence-corrected chi connectivity index (χ4v) is 4.22. The molecule has 3 aromatic rings. The van der Waals surface area contributed by atoms with Gasteiger partial charge in [0.2, 0.25) is 5.16 Å². The molecule has 4 rings (SSSR count). The molecule has 1 aromatic carbocycles. The first kappa shape index (κ1) is 21.6. The highest BCUT2D eigenvalue weighted by atomic mass is 32.2. The molecule has 1 atom stereocenters. The predicted octanol–water partition coefficient (Wildman–Crippen LogP) is 2.84. The van der Waals surface area contributed by atoms with Crippen LogP contribution < -0.4 is 10.6 Å². The molecule has 0 fully saturated rings. The summed E-state index contributed by atoms with van der Waals surface area (Å²) in [6, 6.07) is 8.08. The van der Waals surface area contributed by atoms with E-state index in [4.69, 9.17) is 9.15 Å². The van der Waals surface area contributed by atoms with Crippen molar-refractivity contribution in [2.45, 2.75) is 32.0 Å². The number of nitrogens with zero attached hydrogens (tertiary/aromatic N) is 4. The summed E-state index contributed by atoms with van der Waals surface area (Å²) < 4.78 is 12.3. The zero-order chi connectivity index (χ0) is 22.7. The van der Waals surface area contributed by atoms with Crippen molar-refractivity contribution in [1.29, 1.82) is 0 Å². The Morgan fingerprint density at radius 3 is 2.88 bits per heavy atom. The number of hydrogen-bond acceptors (Lipinski definition) is 8. The van der Waals surface area contributed by atoms with Gasteiger partial charge in [0.1, 0.15) is 11.8 Å². The smallest absolute Gasteiger partial charge is 0.338 e. The Morgan fingerprint density at radius 2 is 2.12 bits per heavy atom. The van der Waals surface area contributed by atoms with Crippen molar-refractivity contribution in [3.63, 3.8) is 0 Å². The number of benzene rings is 1. The number of hydrogen-bond donors (Lipinski definition) is 2. The van der Waals surface area contributed by atoms with E-state index in [1.165, 1.54) is 18.0 Å². The van der Waals surface area contributed by atoms with Crippen molar-refractivity contribution >= 4 is 23.8 Å². The molecule has 1 aliphatic heterocycles. The van der Waals surface area contributed by atoms with Crippen molar-refractivity contribution in [2.24, 2.45) is 0 Å². The van der Waals surface area contributed by atoms with Crippen molar-refractivity contribution in [2.75, 3.05) is 12.4 Å². The number of aromatic nitrogens is 4. The maximum absolute atomic E-state index is 12.8. The molecule has 0 radical (unpaired) electrons. The van der Waals surface area contributed by atoms with Gasteiger partial charge in [-0.15, -0.1) is 5.10 Å². The molecular formula is C21H22N6O4S. The Morgan fingerprint density at radius 1 is 1.28 bits per heavy atom. The number of thioether (sulfide) groups is 1. The molecule has 2 aromatic heterocycles. The summed E-state index contributed by atoms with van der Waals surface area (Å²) in [6.45, 7) is 5.95. The van der Waals surface area contributed by atoms with Gasteiger partial charge < -0.3 is 19.8 Å². The zero-order valence-electron chi connectivity index (χ0n) is 17.8. The summed E-state index contributed by atoms with van der Waals surface area (Å²) in [7, 11) is 0. The molecule has 0 bridgehead atoms. The quantitative estimate of drug-likeness (QED) is 0.413. The monoisotopic (exact) mass is 454 g/mol. The van der Waals surface area contributed by atoms with Crippen LogP contribution >= 0.6 is 11.8 Å². The van der Waals surface area contributed by atoms with Gasteiger partial charge in [0.15, 0.2) is 0 Å². The number of aryl methyl sites for hydroxylation is 1. The van der Waals surface area contributed by atoms with Crippen LogP contribution in [0.15, 0.2) is 57.4 Å². The lowest BCUT2D eigenvalue weighted by Crippen LogP contribution is -2.46. The van der Waals surface area contributed by atoms with Crippen molar-refractivity contribution in [3.8, 4) is 5.69 Å². The van der Waals surface area contributed by atoms with Crippen molar-refractivity contribution in [1.82, 2.24) is 30.8 Å². The highest BCUT2D eigenvalue weighted by Gasteiger charge is 2.35. The van der Waals surface area contributed by atoms with Gasteiger partial charge in [-0.3, -0.25) is 0 Å². The van der Waals surface area contributed by atoms with Crippen molar-refractivity contribution in [3.05, 3.63) is 64.8 Å². The summed E-state index contributed by atoms with van der Waals surface area (Å²) in [4.78, 5) is 25.1. The van der Waals surface area contributed by atoms with Crippen LogP contribution in [-0.2, 0) is 9.53 Å². The number of nitrogens with one attached hydrogen (secondary N) is 2. The fourth-order valence-electron chi connectivity index (χ4n) is 3.37. The van der Waals surface area contributed by atoms with Crippen LogP contribution in [0.25, 0.3) is 5.69 Å². The second-order valence-corrected chi connectivity index (χ2v) is 7.98. The van der Waals surface area contributed by atoms with Crippen LogP contribution in [0.4, 0.5) is 4.79 Å². The molecule has 0 unspecified atom stereocenters. The molecular weight excluding hydrogens is 432 g/mol. The van der Waals surface area contributed by atoms with E-state index in [0.717, 1.165) is 16.8 Å². The summed E-state index contributed by atoms with van der Waals surface area (Å²) in [5.74, 6) is 0.140. The maximum Gasteiger partial charge on any atom is 0.338 e. The highest BCUT2D eigenvalue weighted by molar-refractivity contribution is 7.99. The van der Waals surface area contributed by atoms with E-state index in [2.05, 4.69) is 26.2 Å². The third kappa shape index (κ3) is 4.24. The molecule has 0 saturated carbocycles. The normalized spacial score (nSPS) is 16.0. The lowest BCUT2D eigenvalue weighted by atomic mass is 10.0. The lowest BCUT2D eigenvalue weighted by Gasteiger charge is -2.27. The van der Waals surface area contributed by atoms with Gasteiger partial charge in [0, 0.05) is 11.4 Å². The standard InChI is InChI=1S/C21H22N6O4S/c1-4-30-19(28)17-14(22-20(29)23-18(17)16-9-6-10-31-16)11-32-21-24-25-26-27(21)15-8-5-7-12(2)13(15)3/h5-10,18H,4,11H2,1-3H3,(H2,22,23,29)/t18-/m1/s1. The van der Waals surface area contributed by atoms with Gasteiger partial charge in [0.25, 0.3) is 0 Å². The molecule has 32 heavy (non-hydrogen) atoms. The van der Waals surface area contributed by atoms with Crippen LogP contribution in [0, 0.1) is 13.8 Å². The van der Waals surface area contributed by atoms with E-state index in [-0.39, 0.29) is 17.9 Å². The van der Waals surface area contributed by atoms with Gasteiger partial charge in [-0.1, -0.05) is 23.9 Å². The van der Waals surface area contributed by atoms with E-state index in [1.54, 1.807) is 23.7 Å². The van der Waals surface area contributed by atoms with Crippen LogP contribution in [-0.4, -0.2) is 44.6 Å². The summed E-state index contributed by atoms with van der Waals surface area (Å²) in [5, 5.41) is 18.0. The largest absolute Gasteiger partial charge is 0.467 e. The zero-order valence-corrected chi connectivity index (χ0v) is 18.6. The van der Waals surface area contributed by atoms with E-state index >= 15 is 0 Å². The average Bonchev–Trinajstić information content (AvgIpc) is 3.46. The third-order valence-electron chi connectivity index (χ3n) is 5.07. The number of tetrazole rings is 1. The molecule has 1 aliphatic rings. The Bertz CT molecular complexity index is 1170. The molecule has 0 aliphatic carbocycles. The first-order chi connectivity index (χ1) is 15.5. The predicted molar refractivity (Wildman–Crippen MR) is 116 cm³/mol. The van der Waals surface area contributed by atoms with Gasteiger partial charge in [-0.2, -0.15) is 4.68 Å². The maximum atomic E-state index is 12.8. The molecule has 10 nitrogen and oxygen atoms in total. The molecule has 11 heteroatoms. The Kier molecular flexibility index (Phi) is 6.26. The minimum absolute atomic E-state index is 0.201. The SMILES string of the molecule is CCOC(=O)C1=C(CSc2nnnn2-c2cccc(C)c2C)NC(=O)N[C@@H]1c1ccco1. The number of esters is 1. The molecule has 3 heterocycles. The lowest BCUT2D eigenvalue weighted by molar-refractivity contribution is -0.139. The number of ether oxygens (including phenoxy) is 1. The van der Waals surface area contributed by atoms with Crippen LogP contribution in [0.3, 0.4) is 0 Å². The van der Waals surface area contributed by atoms with Gasteiger partial charge in [-0.05, 0) is 60.5 Å². The first-order valence-electron chi connectivity index (χ1n) is 9.98. The minimum Gasteiger partial charge on any atom is -0.467 e. The van der Waals surface area contributed by atoms with Gasteiger partial charge in [-0.25, -0.2) is 9.59 Å². The summed E-state index contributed by atoms with van der Waals surface area (Å²) in [6.07, 6.45) is 1.49. The molecule has 166 valence electrons. The van der Waals surface area contributed by atoms with Crippen molar-refractivity contribution < 1.29 is 18.7 Å². The number of amides is 2. The van der Waals surface area contributed by atoms with E-state index in [0.29, 0.717) is 16.6 Å². The first-order valence-corrected chi connectivity index (χ1v) is 11.0. The number of urea groups is 1. The Balaban J connectivity index is 1.67. The second kappa shape index (κ2) is 9.27. The average molecular weight is 455 g/mol. The highest BCUT2D eigenvalue weighted by Crippen LogP contribution is 2.31. The molecule has 0 saturated heterocycles. The van der Waals surface area contributed by atoms with Gasteiger partial charge >= 0.3 is 12.0 Å². The van der Waals surface area contributed by atoms with Gasteiger partial charge in [0.05, 0.1) is 24.1 Å². The molecule has 0 spiro atoms. The minimum atomic E-state index is -0.761.